The van der Waals surface area contributed by atoms with E-state index in [1.807, 2.05) is 13.8 Å². The van der Waals surface area contributed by atoms with Crippen molar-refractivity contribution in [1.29, 1.82) is 0 Å². The third kappa shape index (κ3) is 2.72. The van der Waals surface area contributed by atoms with E-state index in [-0.39, 0.29) is 0 Å². The lowest BCUT2D eigenvalue weighted by molar-refractivity contribution is 0.447. The van der Waals surface area contributed by atoms with Crippen LogP contribution in [0.5, 0.6) is 0 Å². The molecule has 1 aromatic rings. The van der Waals surface area contributed by atoms with Crippen molar-refractivity contribution < 1.29 is 8.42 Å². The Morgan fingerprint density at radius 1 is 1.33 bits per heavy atom. The molecule has 0 atom stereocenters. The first kappa shape index (κ1) is 13.0. The van der Waals surface area contributed by atoms with E-state index < -0.39 is 10.0 Å². The fourth-order valence-electron chi connectivity index (χ4n) is 1.26. The van der Waals surface area contributed by atoms with Crippen molar-refractivity contribution in [3.63, 3.8) is 0 Å². The molecular weight excluding hydrogens is 254 g/mol. The largest absolute Gasteiger partial charge is 0.252 e. The molecule has 86 valence electrons. The Morgan fingerprint density at radius 3 is 2.33 bits per heavy atom. The van der Waals surface area contributed by atoms with Crippen LogP contribution in [0.25, 0.3) is 0 Å². The van der Waals surface area contributed by atoms with Crippen LogP contribution < -0.4 is 0 Å². The molecule has 3 nitrogen and oxygen atoms in total. The summed E-state index contributed by atoms with van der Waals surface area (Å²) in [6, 6.07) is 3.38. The van der Waals surface area contributed by atoms with E-state index in [0.29, 0.717) is 23.2 Å². The summed E-state index contributed by atoms with van der Waals surface area (Å²) in [5.41, 5.74) is 0. The summed E-state index contributed by atoms with van der Waals surface area (Å²) in [4.78, 5) is 0.877. The van der Waals surface area contributed by atoms with Crippen LogP contribution in [0, 0.1) is 0 Å². The van der Waals surface area contributed by atoms with Gasteiger partial charge >= 0.3 is 0 Å². The predicted octanol–water partition coefficient (Wildman–Crippen LogP) is 2.52. The summed E-state index contributed by atoms with van der Waals surface area (Å²) < 4.78 is 25.9. The number of halogens is 1. The molecule has 0 amide bonds. The zero-order chi connectivity index (χ0) is 11.5. The van der Waals surface area contributed by atoms with E-state index in [9.17, 15) is 8.42 Å². The zero-order valence-corrected chi connectivity index (χ0v) is 11.1. The number of nitrogens with zero attached hydrogens (tertiary/aromatic N) is 1. The van der Waals surface area contributed by atoms with Gasteiger partial charge in [0.25, 0.3) is 10.0 Å². The molecule has 0 unspecified atom stereocenters. The van der Waals surface area contributed by atoms with Crippen molar-refractivity contribution in [3.05, 3.63) is 17.0 Å². The second-order valence-corrected chi connectivity index (χ2v) is 6.54. The molecule has 1 rings (SSSR count). The van der Waals surface area contributed by atoms with Crippen molar-refractivity contribution >= 4 is 33.0 Å². The molecule has 1 heterocycles. The van der Waals surface area contributed by atoms with E-state index in [0.717, 1.165) is 4.88 Å². The molecule has 15 heavy (non-hydrogen) atoms. The highest BCUT2D eigenvalue weighted by molar-refractivity contribution is 7.91. The molecular formula is C9H14ClNO2S2. The van der Waals surface area contributed by atoms with Crippen LogP contribution in [0.15, 0.2) is 16.3 Å². The average molecular weight is 268 g/mol. The third-order valence-electron chi connectivity index (χ3n) is 2.07. The predicted molar refractivity (Wildman–Crippen MR) is 64.0 cm³/mol. The van der Waals surface area contributed by atoms with Crippen molar-refractivity contribution in [2.75, 3.05) is 13.1 Å². The summed E-state index contributed by atoms with van der Waals surface area (Å²) >= 11 is 6.88. The smallest absolute Gasteiger partial charge is 0.206 e. The lowest BCUT2D eigenvalue weighted by Gasteiger charge is -2.16. The maximum Gasteiger partial charge on any atom is 0.252 e. The van der Waals surface area contributed by atoms with Crippen molar-refractivity contribution in [1.82, 2.24) is 4.31 Å². The summed E-state index contributed by atoms with van der Waals surface area (Å²) in [7, 11) is -3.30. The number of hydrogen-bond donors (Lipinski definition) is 0. The van der Waals surface area contributed by atoms with Gasteiger partial charge in [0.1, 0.15) is 4.21 Å². The number of hydrogen-bond acceptors (Lipinski definition) is 3. The van der Waals surface area contributed by atoms with Gasteiger partial charge in [-0.1, -0.05) is 13.8 Å². The topological polar surface area (TPSA) is 37.4 Å². The SMILES string of the molecule is CCN(CC)S(=O)(=O)c1ccc(CCl)s1. The van der Waals surface area contributed by atoms with E-state index >= 15 is 0 Å². The van der Waals surface area contributed by atoms with Gasteiger partial charge in [-0.25, -0.2) is 8.42 Å². The highest BCUT2D eigenvalue weighted by Gasteiger charge is 2.23. The molecule has 0 radical (unpaired) electrons. The van der Waals surface area contributed by atoms with Gasteiger partial charge in [-0.2, -0.15) is 4.31 Å². The Hall–Kier alpha value is -0.100. The van der Waals surface area contributed by atoms with Gasteiger partial charge in [0.15, 0.2) is 0 Å². The minimum Gasteiger partial charge on any atom is -0.206 e. The van der Waals surface area contributed by atoms with Crippen molar-refractivity contribution in [2.24, 2.45) is 0 Å². The lowest BCUT2D eigenvalue weighted by atomic mass is 10.5. The number of rotatable bonds is 5. The van der Waals surface area contributed by atoms with Crippen LogP contribution in [0.4, 0.5) is 0 Å². The molecule has 0 N–H and O–H groups in total. The van der Waals surface area contributed by atoms with Crippen LogP contribution in [-0.2, 0) is 15.9 Å². The maximum atomic E-state index is 12.0. The molecule has 0 aliphatic heterocycles. The van der Waals surface area contributed by atoms with Crippen LogP contribution in [0.1, 0.15) is 18.7 Å². The van der Waals surface area contributed by atoms with E-state index in [1.165, 1.54) is 15.6 Å². The first-order valence-electron chi connectivity index (χ1n) is 4.71. The van der Waals surface area contributed by atoms with E-state index in [4.69, 9.17) is 11.6 Å². The monoisotopic (exact) mass is 267 g/mol. The molecule has 0 aliphatic carbocycles. The summed E-state index contributed by atoms with van der Waals surface area (Å²) in [6.45, 7) is 4.65. The van der Waals surface area contributed by atoms with E-state index in [2.05, 4.69) is 0 Å². The maximum absolute atomic E-state index is 12.0. The Balaban J connectivity index is 3.04. The number of thiophene rings is 1. The standard InChI is InChI=1S/C9H14ClNO2S2/c1-3-11(4-2)15(12,13)9-6-5-8(7-10)14-9/h5-6H,3-4,7H2,1-2H3. The second kappa shape index (κ2) is 5.30. The fraction of sp³-hybridized carbons (Fsp3) is 0.556. The quantitative estimate of drug-likeness (QED) is 0.769. The molecule has 0 aliphatic rings. The van der Waals surface area contributed by atoms with Gasteiger partial charge in [-0.15, -0.1) is 22.9 Å². The van der Waals surface area contributed by atoms with Crippen LogP contribution in [-0.4, -0.2) is 25.8 Å². The molecule has 0 spiro atoms. The third-order valence-corrected chi connectivity index (χ3v) is 6.12. The molecule has 0 fully saturated rings. The lowest BCUT2D eigenvalue weighted by Crippen LogP contribution is -2.29. The molecule has 0 aromatic carbocycles. The minimum atomic E-state index is -3.30. The van der Waals surface area contributed by atoms with Gasteiger partial charge in [0.2, 0.25) is 0 Å². The van der Waals surface area contributed by atoms with Crippen LogP contribution in [0.2, 0.25) is 0 Å². The van der Waals surface area contributed by atoms with Crippen LogP contribution in [0.3, 0.4) is 0 Å². The van der Waals surface area contributed by atoms with Gasteiger partial charge in [0, 0.05) is 18.0 Å². The van der Waals surface area contributed by atoms with Gasteiger partial charge < -0.3 is 0 Å². The molecule has 0 saturated heterocycles. The van der Waals surface area contributed by atoms with E-state index in [1.54, 1.807) is 12.1 Å². The first-order chi connectivity index (χ1) is 7.06. The summed E-state index contributed by atoms with van der Waals surface area (Å²) in [6.07, 6.45) is 0. The normalized spacial score (nSPS) is 12.3. The summed E-state index contributed by atoms with van der Waals surface area (Å²) in [5.74, 6) is 0.360. The average Bonchev–Trinajstić information content (AvgIpc) is 2.67. The Morgan fingerprint density at radius 2 is 1.93 bits per heavy atom. The van der Waals surface area contributed by atoms with Crippen molar-refractivity contribution in [2.45, 2.75) is 23.9 Å². The van der Waals surface area contributed by atoms with Gasteiger partial charge in [0.05, 0.1) is 5.88 Å². The number of sulfonamides is 1. The second-order valence-electron chi connectivity index (χ2n) is 2.94. The minimum absolute atomic E-state index is 0.360. The molecule has 6 heteroatoms. The van der Waals surface area contributed by atoms with Gasteiger partial charge in [-0.05, 0) is 12.1 Å². The molecule has 0 saturated carbocycles. The molecule has 1 aromatic heterocycles. The number of alkyl halides is 1. The summed E-state index contributed by atoms with van der Waals surface area (Å²) in [5, 5.41) is 0. The molecule has 0 bridgehead atoms. The highest BCUT2D eigenvalue weighted by Crippen LogP contribution is 2.25. The fourth-order valence-corrected chi connectivity index (χ4v) is 4.33. The Bertz CT molecular complexity index is 410. The van der Waals surface area contributed by atoms with Crippen molar-refractivity contribution in [3.8, 4) is 0 Å². The Labute approximate surface area is 99.7 Å². The Kier molecular flexibility index (Phi) is 4.58. The first-order valence-corrected chi connectivity index (χ1v) is 7.50. The van der Waals surface area contributed by atoms with Crippen LogP contribution >= 0.6 is 22.9 Å². The zero-order valence-electron chi connectivity index (χ0n) is 8.73. The highest BCUT2D eigenvalue weighted by atomic mass is 35.5. The van der Waals surface area contributed by atoms with Gasteiger partial charge in [-0.3, -0.25) is 0 Å².